The highest BCUT2D eigenvalue weighted by Gasteiger charge is 2.31. The summed E-state index contributed by atoms with van der Waals surface area (Å²) < 4.78 is 0. The summed E-state index contributed by atoms with van der Waals surface area (Å²) in [4.78, 5) is 24.2. The zero-order chi connectivity index (χ0) is 13.8. The van der Waals surface area contributed by atoms with Crippen molar-refractivity contribution in [1.29, 1.82) is 0 Å². The summed E-state index contributed by atoms with van der Waals surface area (Å²) in [6.45, 7) is 4.38. The van der Waals surface area contributed by atoms with Crippen LogP contribution in [0.5, 0.6) is 0 Å². The Balaban J connectivity index is 2.43. The number of urea groups is 1. The number of piperidine rings is 1. The van der Waals surface area contributed by atoms with Gasteiger partial charge in [-0.1, -0.05) is 13.3 Å². The summed E-state index contributed by atoms with van der Waals surface area (Å²) in [5.74, 6) is -0.822. The fourth-order valence-electron chi connectivity index (χ4n) is 2.02. The Labute approximate surface area is 107 Å². The van der Waals surface area contributed by atoms with Gasteiger partial charge in [0.1, 0.15) is 0 Å². The van der Waals surface area contributed by atoms with Crippen LogP contribution in [0.1, 0.15) is 33.1 Å². The van der Waals surface area contributed by atoms with Crippen molar-refractivity contribution >= 4 is 12.0 Å². The third-order valence-corrected chi connectivity index (χ3v) is 3.43. The maximum atomic E-state index is 11.8. The number of carbonyl (C=O) groups excluding carboxylic acids is 1. The Morgan fingerprint density at radius 1 is 1.50 bits per heavy atom. The quantitative estimate of drug-likeness (QED) is 0.690. The minimum Gasteiger partial charge on any atom is -0.479 e. The Bertz CT molecular complexity index is 317. The average Bonchev–Trinajstić information content (AvgIpc) is 2.36. The van der Waals surface area contributed by atoms with Crippen LogP contribution in [0, 0.1) is 5.92 Å². The van der Waals surface area contributed by atoms with E-state index in [9.17, 15) is 14.7 Å². The highest BCUT2D eigenvalue weighted by Crippen LogP contribution is 2.19. The molecule has 6 nitrogen and oxygen atoms in total. The number of carboxylic acids is 1. The molecule has 1 aliphatic heterocycles. The Morgan fingerprint density at radius 2 is 2.17 bits per heavy atom. The molecule has 0 aliphatic carbocycles. The molecule has 0 saturated carbocycles. The summed E-state index contributed by atoms with van der Waals surface area (Å²) in [6, 6.07) is -0.297. The number of amides is 2. The molecule has 6 heteroatoms. The normalized spacial score (nSPS) is 23.3. The van der Waals surface area contributed by atoms with E-state index in [4.69, 9.17) is 5.11 Å². The van der Waals surface area contributed by atoms with Crippen LogP contribution < -0.4 is 5.32 Å². The number of nitrogens with one attached hydrogen (secondary N) is 1. The maximum absolute atomic E-state index is 11.8. The summed E-state index contributed by atoms with van der Waals surface area (Å²) >= 11 is 0. The lowest BCUT2D eigenvalue weighted by molar-refractivity contribution is -0.155. The summed E-state index contributed by atoms with van der Waals surface area (Å²) in [7, 11) is 0. The van der Waals surface area contributed by atoms with Gasteiger partial charge in [-0.05, 0) is 25.7 Å². The van der Waals surface area contributed by atoms with Gasteiger partial charge in [-0.25, -0.2) is 9.59 Å². The molecule has 1 aliphatic rings. The van der Waals surface area contributed by atoms with E-state index in [2.05, 4.69) is 12.2 Å². The van der Waals surface area contributed by atoms with Crippen LogP contribution >= 0.6 is 0 Å². The van der Waals surface area contributed by atoms with E-state index in [0.29, 0.717) is 19.0 Å². The molecular formula is C12H22N2O4. The lowest BCUT2D eigenvalue weighted by Crippen LogP contribution is -2.51. The van der Waals surface area contributed by atoms with E-state index in [-0.39, 0.29) is 12.6 Å². The molecule has 2 amide bonds. The van der Waals surface area contributed by atoms with Crippen LogP contribution in [0.2, 0.25) is 0 Å². The van der Waals surface area contributed by atoms with E-state index < -0.39 is 11.6 Å². The van der Waals surface area contributed by atoms with Crippen molar-refractivity contribution in [3.8, 4) is 0 Å². The topological polar surface area (TPSA) is 89.9 Å². The third kappa shape index (κ3) is 3.87. The number of carboxylic acid groups (broad SMARTS) is 1. The van der Waals surface area contributed by atoms with E-state index in [0.717, 1.165) is 19.3 Å². The molecule has 1 saturated heterocycles. The molecular weight excluding hydrogens is 236 g/mol. The van der Waals surface area contributed by atoms with E-state index in [1.54, 1.807) is 4.90 Å². The van der Waals surface area contributed by atoms with Crippen LogP contribution in [0.15, 0.2) is 0 Å². The first-order valence-electron chi connectivity index (χ1n) is 6.35. The van der Waals surface area contributed by atoms with Gasteiger partial charge in [0.15, 0.2) is 5.60 Å². The van der Waals surface area contributed by atoms with E-state index >= 15 is 0 Å². The van der Waals surface area contributed by atoms with Gasteiger partial charge >= 0.3 is 12.0 Å². The first-order chi connectivity index (χ1) is 8.36. The van der Waals surface area contributed by atoms with Gasteiger partial charge in [-0.2, -0.15) is 0 Å². The van der Waals surface area contributed by atoms with Crippen molar-refractivity contribution < 1.29 is 19.8 Å². The van der Waals surface area contributed by atoms with Crippen molar-refractivity contribution in [2.75, 3.05) is 19.6 Å². The molecule has 0 bridgehead atoms. The highest BCUT2D eigenvalue weighted by atomic mass is 16.4. The van der Waals surface area contributed by atoms with Crippen LogP contribution in [-0.2, 0) is 4.79 Å². The van der Waals surface area contributed by atoms with Crippen LogP contribution in [-0.4, -0.2) is 52.3 Å². The number of carbonyl (C=O) groups is 2. The lowest BCUT2D eigenvalue weighted by Gasteiger charge is -2.33. The molecule has 1 fully saturated rings. The first kappa shape index (κ1) is 14.8. The summed E-state index contributed by atoms with van der Waals surface area (Å²) in [6.07, 6.45) is 3.14. The van der Waals surface area contributed by atoms with Crippen molar-refractivity contribution in [2.24, 2.45) is 5.92 Å². The van der Waals surface area contributed by atoms with Gasteiger partial charge in [-0.15, -0.1) is 0 Å². The van der Waals surface area contributed by atoms with Crippen LogP contribution in [0.3, 0.4) is 0 Å². The van der Waals surface area contributed by atoms with Crippen molar-refractivity contribution in [3.63, 3.8) is 0 Å². The first-order valence-corrected chi connectivity index (χ1v) is 6.35. The number of nitrogens with zero attached hydrogens (tertiary/aromatic N) is 1. The van der Waals surface area contributed by atoms with Gasteiger partial charge in [0, 0.05) is 13.1 Å². The number of aliphatic carboxylic acids is 1. The molecule has 0 radical (unpaired) electrons. The van der Waals surface area contributed by atoms with Crippen molar-refractivity contribution in [1.82, 2.24) is 10.2 Å². The molecule has 2 atom stereocenters. The molecule has 104 valence electrons. The smallest absolute Gasteiger partial charge is 0.337 e. The summed E-state index contributed by atoms with van der Waals surface area (Å²) in [5.41, 5.74) is -1.92. The molecule has 0 aromatic heterocycles. The second kappa shape index (κ2) is 6.04. The van der Waals surface area contributed by atoms with Gasteiger partial charge in [-0.3, -0.25) is 0 Å². The zero-order valence-corrected chi connectivity index (χ0v) is 11.0. The summed E-state index contributed by atoms with van der Waals surface area (Å²) in [5, 5.41) is 20.7. The number of rotatable bonds is 4. The molecule has 3 N–H and O–H groups in total. The predicted molar refractivity (Wildman–Crippen MR) is 66.2 cm³/mol. The fraction of sp³-hybridized carbons (Fsp3) is 0.833. The molecule has 1 heterocycles. The number of likely N-dealkylation sites (tertiary alicyclic amines) is 1. The van der Waals surface area contributed by atoms with Crippen molar-refractivity contribution in [3.05, 3.63) is 0 Å². The maximum Gasteiger partial charge on any atom is 0.337 e. The van der Waals surface area contributed by atoms with Crippen molar-refractivity contribution in [2.45, 2.75) is 38.7 Å². The van der Waals surface area contributed by atoms with Crippen LogP contribution in [0.4, 0.5) is 4.79 Å². The van der Waals surface area contributed by atoms with Gasteiger partial charge in [0.25, 0.3) is 0 Å². The Kier molecular flexibility index (Phi) is 4.95. The molecule has 1 rings (SSSR count). The minimum atomic E-state index is -1.92. The number of hydrogen-bond acceptors (Lipinski definition) is 3. The van der Waals surface area contributed by atoms with Gasteiger partial charge in [0.2, 0.25) is 0 Å². The third-order valence-electron chi connectivity index (χ3n) is 3.43. The molecule has 18 heavy (non-hydrogen) atoms. The fourth-order valence-corrected chi connectivity index (χ4v) is 2.02. The SMILES string of the molecule is CCC1CCCN(C(=O)NCC(C)(O)C(=O)O)C1. The second-order valence-electron chi connectivity index (χ2n) is 5.10. The molecule has 0 aromatic rings. The largest absolute Gasteiger partial charge is 0.479 e. The minimum absolute atomic E-state index is 0.283. The van der Waals surface area contributed by atoms with Crippen LogP contribution in [0.25, 0.3) is 0 Å². The lowest BCUT2D eigenvalue weighted by atomic mass is 9.96. The zero-order valence-electron chi connectivity index (χ0n) is 11.0. The Morgan fingerprint density at radius 3 is 2.72 bits per heavy atom. The molecule has 2 unspecified atom stereocenters. The standard InChI is InChI=1S/C12H22N2O4/c1-3-9-5-4-6-14(7-9)11(17)13-8-12(2,18)10(15)16/h9,18H,3-8H2,1-2H3,(H,13,17)(H,15,16). The molecule has 0 spiro atoms. The average molecular weight is 258 g/mol. The predicted octanol–water partition coefficient (Wildman–Crippen LogP) is 0.654. The highest BCUT2D eigenvalue weighted by molar-refractivity contribution is 5.79. The second-order valence-corrected chi connectivity index (χ2v) is 5.10. The monoisotopic (exact) mass is 258 g/mol. The molecule has 0 aromatic carbocycles. The van der Waals surface area contributed by atoms with E-state index in [1.165, 1.54) is 6.92 Å². The van der Waals surface area contributed by atoms with Gasteiger partial charge in [0.05, 0.1) is 6.54 Å². The Hall–Kier alpha value is -1.30. The van der Waals surface area contributed by atoms with E-state index in [1.807, 2.05) is 0 Å². The van der Waals surface area contributed by atoms with Gasteiger partial charge < -0.3 is 20.4 Å². The number of aliphatic hydroxyl groups is 1. The number of hydrogen-bond donors (Lipinski definition) is 3.